The van der Waals surface area contributed by atoms with E-state index in [1.165, 1.54) is 6.92 Å². The van der Waals surface area contributed by atoms with E-state index in [0.717, 1.165) is 30.6 Å². The van der Waals surface area contributed by atoms with E-state index in [1.54, 1.807) is 54.2 Å². The number of benzene rings is 1. The molecule has 7 rings (SSSR count). The van der Waals surface area contributed by atoms with Gasteiger partial charge in [0.25, 0.3) is 17.4 Å². The maximum Gasteiger partial charge on any atom is 0.264 e. The van der Waals surface area contributed by atoms with Crippen molar-refractivity contribution in [3.8, 4) is 0 Å². The number of amides is 3. The van der Waals surface area contributed by atoms with E-state index < -0.39 is 23.8 Å². The smallest absolute Gasteiger partial charge is 0.264 e. The van der Waals surface area contributed by atoms with Crippen molar-refractivity contribution in [2.45, 2.75) is 105 Å². The van der Waals surface area contributed by atoms with E-state index in [1.807, 2.05) is 27.7 Å². The van der Waals surface area contributed by atoms with Crippen LogP contribution >= 0.6 is 0 Å². The largest absolute Gasteiger partial charge is 0.397 e. The van der Waals surface area contributed by atoms with E-state index >= 15 is 0 Å². The molecule has 7 N–H and O–H groups in total. The summed E-state index contributed by atoms with van der Waals surface area (Å²) in [6, 6.07) is 7.69. The van der Waals surface area contributed by atoms with Crippen LogP contribution in [-0.2, 0) is 23.8 Å². The Morgan fingerprint density at radius 3 is 2.19 bits per heavy atom. The lowest BCUT2D eigenvalue weighted by molar-refractivity contribution is -0.125. The van der Waals surface area contributed by atoms with Crippen LogP contribution in [0.2, 0.25) is 0 Å². The third-order valence-electron chi connectivity index (χ3n) is 11.1. The molecule has 1 aliphatic carbocycles. The number of ketones is 2. The van der Waals surface area contributed by atoms with Gasteiger partial charge in [-0.3, -0.25) is 38.2 Å². The fraction of sp³-hybridized carbons (Fsp3) is 0.490. The number of Topliss-reactive ketones (excluding diaryl/α,β-unsaturated/α-hetero) is 2. The van der Waals surface area contributed by atoms with E-state index in [9.17, 15) is 28.8 Å². The number of nitrogens with zero attached hydrogens (tertiary/aromatic N) is 5. The molecule has 4 aromatic rings. The fourth-order valence-electron chi connectivity index (χ4n) is 7.92. The first-order valence-electron chi connectivity index (χ1n) is 23.5. The van der Waals surface area contributed by atoms with Crippen LogP contribution in [-0.4, -0.2) is 112 Å². The lowest BCUT2D eigenvalue weighted by Gasteiger charge is -2.29. The molecule has 2 aliphatic heterocycles. The summed E-state index contributed by atoms with van der Waals surface area (Å²) in [6.45, 7) is 18.0. The van der Waals surface area contributed by atoms with Crippen molar-refractivity contribution in [3.05, 3.63) is 87.6 Å². The third kappa shape index (κ3) is 14.1. The number of hydrogen-bond acceptors (Lipinski definition) is 16. The summed E-state index contributed by atoms with van der Waals surface area (Å²) in [5.41, 5.74) is 14.3. The van der Waals surface area contributed by atoms with Gasteiger partial charge >= 0.3 is 0 Å². The molecule has 0 spiro atoms. The van der Waals surface area contributed by atoms with E-state index in [0.29, 0.717) is 117 Å². The number of aromatic nitrogens is 4. The van der Waals surface area contributed by atoms with Crippen molar-refractivity contribution >= 4 is 63.5 Å². The Morgan fingerprint density at radius 1 is 0.882 bits per heavy atom. The summed E-state index contributed by atoms with van der Waals surface area (Å²) in [6.07, 6.45) is 9.10. The number of piperidine rings is 1. The van der Waals surface area contributed by atoms with Gasteiger partial charge in [0.05, 0.1) is 68.2 Å². The molecule has 3 aliphatic rings. The molecule has 68 heavy (non-hydrogen) atoms. The highest BCUT2D eigenvalue weighted by atomic mass is 16.5. The second-order valence-corrected chi connectivity index (χ2v) is 15.7. The summed E-state index contributed by atoms with van der Waals surface area (Å²) in [4.78, 5) is 89.0. The van der Waals surface area contributed by atoms with Gasteiger partial charge in [-0.2, -0.15) is 4.98 Å². The number of rotatable bonds is 20. The molecule has 19 nitrogen and oxygen atoms in total. The molecule has 3 amide bonds. The third-order valence-corrected chi connectivity index (χ3v) is 11.1. The molecular formula is C49H68N10O9. The van der Waals surface area contributed by atoms with Gasteiger partial charge in [0.2, 0.25) is 11.9 Å². The van der Waals surface area contributed by atoms with Crippen LogP contribution in [0.5, 0.6) is 0 Å². The highest BCUT2D eigenvalue weighted by Gasteiger charge is 2.45. The zero-order valence-electron chi connectivity index (χ0n) is 40.3. The van der Waals surface area contributed by atoms with Crippen molar-refractivity contribution in [2.75, 3.05) is 69.1 Å². The summed E-state index contributed by atoms with van der Waals surface area (Å²) < 4.78 is 18.1. The van der Waals surface area contributed by atoms with Gasteiger partial charge in [-0.05, 0) is 75.8 Å². The molecule has 1 unspecified atom stereocenters. The van der Waals surface area contributed by atoms with Gasteiger partial charge in [0.1, 0.15) is 23.3 Å². The number of nitrogens with two attached hydrogens (primary N) is 2. The number of anilines is 4. The number of carbonyl (C=O) groups excluding carboxylic acids is 5. The van der Waals surface area contributed by atoms with E-state index in [-0.39, 0.29) is 46.4 Å². The van der Waals surface area contributed by atoms with Crippen LogP contribution in [0.1, 0.15) is 129 Å². The molecule has 3 aromatic heterocycles. The molecule has 2 fully saturated rings. The number of pyridine rings is 2. The Hall–Kier alpha value is -6.41. The minimum atomic E-state index is -0.843. The van der Waals surface area contributed by atoms with Crippen molar-refractivity contribution in [2.24, 2.45) is 5.73 Å². The number of ether oxygens (including phenoxy) is 3. The van der Waals surface area contributed by atoms with Gasteiger partial charge in [-0.25, -0.2) is 9.97 Å². The van der Waals surface area contributed by atoms with Crippen LogP contribution in [0.4, 0.5) is 23.1 Å². The second-order valence-electron chi connectivity index (χ2n) is 15.7. The average molecular weight is 941 g/mol. The number of allylic oxidation sites excluding steroid dienone is 1. The Bertz CT molecular complexity index is 2430. The number of aryl methyl sites for hydroxylation is 1. The van der Waals surface area contributed by atoms with Crippen molar-refractivity contribution in [3.63, 3.8) is 0 Å². The summed E-state index contributed by atoms with van der Waals surface area (Å²) in [7, 11) is 0. The first-order valence-corrected chi connectivity index (χ1v) is 23.5. The van der Waals surface area contributed by atoms with Crippen molar-refractivity contribution in [1.29, 1.82) is 0 Å². The summed E-state index contributed by atoms with van der Waals surface area (Å²) >= 11 is 0. The summed E-state index contributed by atoms with van der Waals surface area (Å²) in [5, 5.41) is 9.54. The molecule has 1 aromatic carbocycles. The van der Waals surface area contributed by atoms with Gasteiger partial charge in [-0.15, -0.1) is 0 Å². The second kappa shape index (κ2) is 27.4. The van der Waals surface area contributed by atoms with Crippen molar-refractivity contribution < 1.29 is 38.2 Å². The quantitative estimate of drug-likeness (QED) is 0.0384. The van der Waals surface area contributed by atoms with Crippen LogP contribution in [0.15, 0.2) is 59.8 Å². The lowest BCUT2D eigenvalue weighted by atomic mass is 10.0. The molecular weight excluding hydrogens is 873 g/mol. The van der Waals surface area contributed by atoms with Gasteiger partial charge in [0.15, 0.2) is 5.78 Å². The SMILES string of the molecule is C=C1CCC(N2C(=O)c3cccc(NCCOCCOCCOCCCC(=O)CN)c3C2=O)C(=O)N1.CC.CC.CC(=O)c1c(C)c2cnc(Nc3ccc(N)cn3)nc2n(C2CCCC2)c1=O. The molecule has 368 valence electrons. The predicted molar refractivity (Wildman–Crippen MR) is 262 cm³/mol. The maximum atomic E-state index is 13.2. The lowest BCUT2D eigenvalue weighted by Crippen LogP contribution is -2.51. The van der Waals surface area contributed by atoms with Crippen LogP contribution in [0.3, 0.4) is 0 Å². The number of nitrogen functional groups attached to an aromatic ring is 1. The van der Waals surface area contributed by atoms with Crippen LogP contribution in [0, 0.1) is 6.92 Å². The first kappa shape index (κ1) is 54.2. The highest BCUT2D eigenvalue weighted by molar-refractivity contribution is 6.25. The number of nitrogens with one attached hydrogen (secondary N) is 3. The predicted octanol–water partition coefficient (Wildman–Crippen LogP) is 6.04. The molecule has 1 atom stereocenters. The number of hydrogen-bond donors (Lipinski definition) is 5. The van der Waals surface area contributed by atoms with Crippen LogP contribution < -0.4 is 33.0 Å². The van der Waals surface area contributed by atoms with Gasteiger partial charge in [0, 0.05) is 48.6 Å². The molecule has 19 heteroatoms. The van der Waals surface area contributed by atoms with Crippen LogP contribution in [0.25, 0.3) is 11.0 Å². The van der Waals surface area contributed by atoms with Gasteiger partial charge in [-0.1, -0.05) is 53.2 Å². The van der Waals surface area contributed by atoms with Gasteiger partial charge < -0.3 is 41.6 Å². The average Bonchev–Trinajstić information content (AvgIpc) is 3.96. The van der Waals surface area contributed by atoms with E-state index in [4.69, 9.17) is 25.7 Å². The molecule has 0 bridgehead atoms. The zero-order valence-corrected chi connectivity index (χ0v) is 40.3. The Labute approximate surface area is 397 Å². The van der Waals surface area contributed by atoms with Crippen molar-refractivity contribution in [1.82, 2.24) is 29.7 Å². The fourth-order valence-corrected chi connectivity index (χ4v) is 7.92. The molecule has 5 heterocycles. The standard InChI is InChI=1S/C25H34N4O7.C20H22N6O2.2C2H6/c1-17-7-8-21(23(31)28-17)29-24(32)19-5-2-6-20(22(19)25(29)33)27-9-11-35-13-15-36-14-12-34-10-3-4-18(30)16-26;1-11-15-10-23-20(24-16-8-7-13(21)9-22-16)25-18(15)26(14-5-3-4-6-14)19(28)17(11)12(2)27;2*1-2/h2,5-6,21,27H,1,3-4,7-16,26H2,(H,28,31);7-10,14H,3-6,21H2,1-2H3,(H,22,23,24,25);2*1-2H3. The molecule has 1 saturated heterocycles. The maximum absolute atomic E-state index is 13.2. The number of carbonyl (C=O) groups is 5. The topological polar surface area (TPSA) is 265 Å². The molecule has 0 radical (unpaired) electrons. The monoisotopic (exact) mass is 941 g/mol. The Morgan fingerprint density at radius 2 is 1.56 bits per heavy atom. The molecule has 1 saturated carbocycles. The number of fused-ring (bicyclic) bond motifs is 2. The van der Waals surface area contributed by atoms with E-state index in [2.05, 4.69) is 37.5 Å². The zero-order chi connectivity index (χ0) is 49.8. The first-order chi connectivity index (χ1) is 32.9. The summed E-state index contributed by atoms with van der Waals surface area (Å²) in [5.74, 6) is -0.645. The highest BCUT2D eigenvalue weighted by Crippen LogP contribution is 2.34. The normalized spacial score (nSPS) is 15.3. The number of imide groups is 1. The Balaban J connectivity index is 0.000000283. The Kier molecular flexibility index (Phi) is 21.8. The minimum absolute atomic E-state index is 0.0283. The minimum Gasteiger partial charge on any atom is -0.397 e.